The van der Waals surface area contributed by atoms with E-state index in [2.05, 4.69) is 5.32 Å². The number of hydrogen-bond acceptors (Lipinski definition) is 3. The first-order chi connectivity index (χ1) is 17.3. The van der Waals surface area contributed by atoms with Crippen molar-refractivity contribution in [1.82, 2.24) is 10.2 Å². The number of carbonyl (C=O) groups is 3. The third-order valence-electron chi connectivity index (χ3n) is 6.83. The molecule has 2 atom stereocenters. The third-order valence-corrected chi connectivity index (χ3v) is 7.07. The van der Waals surface area contributed by atoms with Gasteiger partial charge in [-0.25, -0.2) is 0 Å². The normalized spacial score (nSPS) is 14.1. The fourth-order valence-corrected chi connectivity index (χ4v) is 4.83. The number of anilines is 1. The van der Waals surface area contributed by atoms with Crippen LogP contribution in [0.25, 0.3) is 10.8 Å². The largest absolute Gasteiger partial charge is 0.352 e. The summed E-state index contributed by atoms with van der Waals surface area (Å²) in [6, 6.07) is 18.3. The van der Waals surface area contributed by atoms with Crippen LogP contribution in [0.2, 0.25) is 5.02 Å². The summed E-state index contributed by atoms with van der Waals surface area (Å²) in [6.07, 6.45) is 1.51. The first kappa shape index (κ1) is 25.7. The number of benzene rings is 3. The van der Waals surface area contributed by atoms with Crippen molar-refractivity contribution in [1.29, 1.82) is 0 Å². The Morgan fingerprint density at radius 2 is 1.78 bits per heavy atom. The molecule has 0 aliphatic carbocycles. The molecule has 1 aliphatic rings. The lowest BCUT2D eigenvalue weighted by Gasteiger charge is -2.30. The molecule has 36 heavy (non-hydrogen) atoms. The zero-order valence-corrected chi connectivity index (χ0v) is 21.7. The average Bonchev–Trinajstić information content (AvgIpc) is 3.14. The maximum absolute atomic E-state index is 13.4. The Balaban J connectivity index is 1.46. The lowest BCUT2D eigenvalue weighted by Crippen LogP contribution is -2.49. The lowest BCUT2D eigenvalue weighted by molar-refractivity contribution is -0.140. The Hall–Kier alpha value is -3.38. The molecule has 1 heterocycles. The molecule has 1 aliphatic heterocycles. The predicted octanol–water partition coefficient (Wildman–Crippen LogP) is 5.57. The van der Waals surface area contributed by atoms with Crippen LogP contribution in [0.15, 0.2) is 60.7 Å². The summed E-state index contributed by atoms with van der Waals surface area (Å²) >= 11 is 6.16. The van der Waals surface area contributed by atoms with Gasteiger partial charge < -0.3 is 15.1 Å². The van der Waals surface area contributed by atoms with Crippen LogP contribution in [-0.2, 0) is 16.1 Å². The maximum atomic E-state index is 13.4. The van der Waals surface area contributed by atoms with E-state index in [0.717, 1.165) is 28.4 Å². The van der Waals surface area contributed by atoms with E-state index in [-0.39, 0.29) is 36.7 Å². The second kappa shape index (κ2) is 11.1. The Labute approximate surface area is 217 Å². The minimum absolute atomic E-state index is 0.0218. The highest BCUT2D eigenvalue weighted by atomic mass is 35.5. The molecule has 6 nitrogen and oxygen atoms in total. The third kappa shape index (κ3) is 5.39. The fourth-order valence-electron chi connectivity index (χ4n) is 4.61. The minimum Gasteiger partial charge on any atom is -0.352 e. The number of carbonyl (C=O) groups excluding carboxylic acids is 3. The van der Waals surface area contributed by atoms with Crippen molar-refractivity contribution in [3.8, 4) is 0 Å². The Morgan fingerprint density at radius 3 is 2.50 bits per heavy atom. The van der Waals surface area contributed by atoms with Gasteiger partial charge in [0.05, 0.1) is 5.69 Å². The van der Waals surface area contributed by atoms with Crippen LogP contribution in [0.3, 0.4) is 0 Å². The van der Waals surface area contributed by atoms with Crippen molar-refractivity contribution >= 4 is 45.8 Å². The first-order valence-corrected chi connectivity index (χ1v) is 12.9. The van der Waals surface area contributed by atoms with Gasteiger partial charge in [0.15, 0.2) is 0 Å². The van der Waals surface area contributed by atoms with E-state index in [1.165, 1.54) is 0 Å². The van der Waals surface area contributed by atoms with E-state index in [9.17, 15) is 14.4 Å². The number of halogens is 1. The summed E-state index contributed by atoms with van der Waals surface area (Å²) in [4.78, 5) is 42.7. The maximum Gasteiger partial charge on any atom is 0.258 e. The van der Waals surface area contributed by atoms with Crippen LogP contribution in [-0.4, -0.2) is 41.2 Å². The van der Waals surface area contributed by atoms with E-state index < -0.39 is 6.04 Å². The standard InChI is InChI=1S/C29H32ClN3O3/c1-4-19(2)31-28(35)20(3)33(18-21-9-5-12-23(30)17-21)26(34)15-8-16-32-25-14-7-11-22-10-6-13-24(27(22)25)29(32)36/h5-7,9-14,17,19-20H,4,8,15-16,18H2,1-3H3,(H,31,35)/t19-,20-/m1/s1. The molecule has 4 rings (SSSR count). The van der Waals surface area contributed by atoms with Crippen LogP contribution < -0.4 is 10.2 Å². The average molecular weight is 506 g/mol. The molecule has 3 amide bonds. The van der Waals surface area contributed by atoms with Crippen molar-refractivity contribution < 1.29 is 14.4 Å². The highest BCUT2D eigenvalue weighted by Gasteiger charge is 2.30. The van der Waals surface area contributed by atoms with Crippen molar-refractivity contribution in [2.45, 2.75) is 58.7 Å². The monoisotopic (exact) mass is 505 g/mol. The molecule has 188 valence electrons. The van der Waals surface area contributed by atoms with Crippen LogP contribution in [0.4, 0.5) is 5.69 Å². The van der Waals surface area contributed by atoms with Gasteiger partial charge >= 0.3 is 0 Å². The second-order valence-corrected chi connectivity index (χ2v) is 9.82. The van der Waals surface area contributed by atoms with Gasteiger partial charge in [0.1, 0.15) is 6.04 Å². The molecule has 0 saturated heterocycles. The van der Waals surface area contributed by atoms with Gasteiger partial charge in [-0.1, -0.05) is 54.9 Å². The zero-order valence-electron chi connectivity index (χ0n) is 21.0. The van der Waals surface area contributed by atoms with Crippen LogP contribution in [0.5, 0.6) is 0 Å². The molecule has 0 unspecified atom stereocenters. The summed E-state index contributed by atoms with van der Waals surface area (Å²) in [7, 11) is 0. The Kier molecular flexibility index (Phi) is 7.94. The molecule has 7 heteroatoms. The molecular weight excluding hydrogens is 474 g/mol. The molecule has 0 saturated carbocycles. The summed E-state index contributed by atoms with van der Waals surface area (Å²) in [5.41, 5.74) is 2.45. The Bertz CT molecular complexity index is 1290. The number of nitrogens with one attached hydrogen (secondary N) is 1. The molecule has 0 radical (unpaired) electrons. The molecule has 1 N–H and O–H groups in total. The number of nitrogens with zero attached hydrogens (tertiary/aromatic N) is 2. The quantitative estimate of drug-likeness (QED) is 0.392. The molecule has 0 spiro atoms. The summed E-state index contributed by atoms with van der Waals surface area (Å²) in [5, 5.41) is 5.56. The summed E-state index contributed by atoms with van der Waals surface area (Å²) in [6.45, 7) is 6.41. The van der Waals surface area contributed by atoms with Gasteiger partial charge in [-0.3, -0.25) is 14.4 Å². The molecule has 0 fully saturated rings. The predicted molar refractivity (Wildman–Crippen MR) is 144 cm³/mol. The van der Waals surface area contributed by atoms with Crippen molar-refractivity contribution in [3.63, 3.8) is 0 Å². The van der Waals surface area contributed by atoms with Crippen LogP contribution >= 0.6 is 11.6 Å². The van der Waals surface area contributed by atoms with Gasteiger partial charge in [-0.05, 0) is 61.9 Å². The van der Waals surface area contributed by atoms with Gasteiger partial charge in [-0.2, -0.15) is 0 Å². The van der Waals surface area contributed by atoms with Gasteiger partial charge in [0, 0.05) is 41.5 Å². The minimum atomic E-state index is -0.642. The summed E-state index contributed by atoms with van der Waals surface area (Å²) in [5.74, 6) is -0.355. The lowest BCUT2D eigenvalue weighted by atomic mass is 10.1. The molecule has 0 bridgehead atoms. The SMILES string of the molecule is CC[C@@H](C)NC(=O)[C@@H](C)N(Cc1cccc(Cl)c1)C(=O)CCCN1C(=O)c2cccc3cccc1c23. The van der Waals surface area contributed by atoms with Crippen LogP contribution in [0, 0.1) is 0 Å². The van der Waals surface area contributed by atoms with Gasteiger partial charge in [-0.15, -0.1) is 0 Å². The first-order valence-electron chi connectivity index (χ1n) is 12.5. The van der Waals surface area contributed by atoms with Crippen molar-refractivity contribution in [3.05, 3.63) is 76.8 Å². The summed E-state index contributed by atoms with van der Waals surface area (Å²) < 4.78 is 0. The van der Waals surface area contributed by atoms with E-state index in [1.54, 1.807) is 22.8 Å². The fraction of sp³-hybridized carbons (Fsp3) is 0.345. The molecule has 3 aromatic carbocycles. The van der Waals surface area contributed by atoms with Crippen LogP contribution in [0.1, 0.15) is 56.0 Å². The number of hydrogen-bond donors (Lipinski definition) is 1. The molecule has 0 aromatic heterocycles. The van der Waals surface area contributed by atoms with E-state index in [4.69, 9.17) is 11.6 Å². The Morgan fingerprint density at radius 1 is 1.06 bits per heavy atom. The smallest absolute Gasteiger partial charge is 0.258 e. The van der Waals surface area contributed by atoms with Gasteiger partial charge in [0.2, 0.25) is 11.8 Å². The number of rotatable bonds is 10. The van der Waals surface area contributed by atoms with E-state index >= 15 is 0 Å². The van der Waals surface area contributed by atoms with Gasteiger partial charge in [0.25, 0.3) is 5.91 Å². The van der Waals surface area contributed by atoms with Crippen molar-refractivity contribution in [2.75, 3.05) is 11.4 Å². The zero-order chi connectivity index (χ0) is 25.8. The molecule has 3 aromatic rings. The van der Waals surface area contributed by atoms with Crippen molar-refractivity contribution in [2.24, 2.45) is 0 Å². The molecular formula is C29H32ClN3O3. The highest BCUT2D eigenvalue weighted by Crippen LogP contribution is 2.37. The highest BCUT2D eigenvalue weighted by molar-refractivity contribution is 6.30. The number of amides is 3. The second-order valence-electron chi connectivity index (χ2n) is 9.39. The van der Waals surface area contributed by atoms with E-state index in [1.807, 2.05) is 68.4 Å². The van der Waals surface area contributed by atoms with E-state index in [0.29, 0.717) is 23.6 Å². The topological polar surface area (TPSA) is 69.7 Å².